The summed E-state index contributed by atoms with van der Waals surface area (Å²) in [6.07, 6.45) is 28.7. The highest BCUT2D eigenvalue weighted by Crippen LogP contribution is 2.23. The molecule has 1 aromatic rings. The van der Waals surface area contributed by atoms with Crippen LogP contribution in [0.1, 0.15) is 128 Å². The average Bonchev–Trinajstić information content (AvgIpc) is 2.87. The van der Waals surface area contributed by atoms with Crippen molar-refractivity contribution < 1.29 is 4.79 Å². The van der Waals surface area contributed by atoms with Gasteiger partial charge in [0.05, 0.1) is 0 Å². The molecule has 1 fully saturated rings. The summed E-state index contributed by atoms with van der Waals surface area (Å²) in [7, 11) is 0. The summed E-state index contributed by atoms with van der Waals surface area (Å²) in [5.74, 6) is 1.22. The van der Waals surface area contributed by atoms with Gasteiger partial charge in [-0.15, -0.1) is 0 Å². The highest BCUT2D eigenvalue weighted by Gasteiger charge is 2.22. The van der Waals surface area contributed by atoms with Crippen LogP contribution < -0.4 is 0 Å². The topological polar surface area (TPSA) is 20.3 Å². The summed E-state index contributed by atoms with van der Waals surface area (Å²) in [4.78, 5) is 14.7. The Labute approximate surface area is 211 Å². The van der Waals surface area contributed by atoms with E-state index in [1.807, 2.05) is 0 Å². The first-order chi connectivity index (χ1) is 16.8. The molecule has 1 amide bonds. The smallest absolute Gasteiger partial charge is 0.222 e. The molecular weight excluding hydrogens is 414 g/mol. The average molecular weight is 468 g/mol. The van der Waals surface area contributed by atoms with Gasteiger partial charge in [0.15, 0.2) is 0 Å². The number of allylic oxidation sites excluding steroid dienone is 2. The van der Waals surface area contributed by atoms with Crippen LogP contribution in [0.4, 0.5) is 0 Å². The van der Waals surface area contributed by atoms with Crippen molar-refractivity contribution in [3.8, 4) is 0 Å². The van der Waals surface area contributed by atoms with Crippen LogP contribution in [-0.4, -0.2) is 23.9 Å². The number of piperidine rings is 1. The lowest BCUT2D eigenvalue weighted by Gasteiger charge is -2.32. The summed E-state index contributed by atoms with van der Waals surface area (Å²) in [5, 5.41) is 0. The standard InChI is InChI=1S/C32H53NO/c1-2-3-4-5-6-7-8-9-10-11-12-13-14-15-19-25-32(34)33-28-26-31(27-29-33)24-20-23-30-21-17-16-18-22-30/h9-10,16-18,21-22,31H,2-8,11-15,19-20,23-29H2,1H3. The van der Waals surface area contributed by atoms with E-state index in [9.17, 15) is 4.79 Å². The molecule has 2 rings (SSSR count). The molecule has 1 aliphatic heterocycles. The largest absolute Gasteiger partial charge is 0.343 e. The zero-order valence-corrected chi connectivity index (χ0v) is 22.3. The molecule has 2 heteroatoms. The summed E-state index contributed by atoms with van der Waals surface area (Å²) < 4.78 is 0. The highest BCUT2D eigenvalue weighted by atomic mass is 16.2. The van der Waals surface area contributed by atoms with Crippen LogP contribution in [0.2, 0.25) is 0 Å². The number of rotatable bonds is 19. The summed E-state index contributed by atoms with van der Waals surface area (Å²) in [5.41, 5.74) is 1.45. The minimum atomic E-state index is 0.403. The second-order valence-electron chi connectivity index (χ2n) is 10.5. The van der Waals surface area contributed by atoms with E-state index in [1.165, 1.54) is 115 Å². The molecule has 0 saturated carbocycles. The van der Waals surface area contributed by atoms with E-state index in [1.54, 1.807) is 0 Å². The van der Waals surface area contributed by atoms with Crippen LogP contribution in [0, 0.1) is 5.92 Å². The van der Waals surface area contributed by atoms with Crippen LogP contribution in [0.15, 0.2) is 42.5 Å². The van der Waals surface area contributed by atoms with E-state index in [0.717, 1.165) is 31.8 Å². The lowest BCUT2D eigenvalue weighted by molar-refractivity contribution is -0.132. The van der Waals surface area contributed by atoms with E-state index < -0.39 is 0 Å². The maximum Gasteiger partial charge on any atom is 0.222 e. The minimum absolute atomic E-state index is 0.403. The van der Waals surface area contributed by atoms with E-state index >= 15 is 0 Å². The fraction of sp³-hybridized carbons (Fsp3) is 0.719. The van der Waals surface area contributed by atoms with Crippen LogP contribution in [0.3, 0.4) is 0 Å². The van der Waals surface area contributed by atoms with E-state index in [4.69, 9.17) is 0 Å². The molecule has 0 N–H and O–H groups in total. The van der Waals surface area contributed by atoms with Crippen molar-refractivity contribution >= 4 is 5.91 Å². The molecule has 1 aromatic carbocycles. The van der Waals surface area contributed by atoms with Crippen LogP contribution in [-0.2, 0) is 11.2 Å². The molecule has 0 unspecified atom stereocenters. The third-order valence-corrected chi connectivity index (χ3v) is 7.54. The first kappa shape index (κ1) is 28.7. The Morgan fingerprint density at radius 3 is 2.03 bits per heavy atom. The molecule has 0 bridgehead atoms. The van der Waals surface area contributed by atoms with Gasteiger partial charge in [0.25, 0.3) is 0 Å². The molecular formula is C32H53NO. The number of amides is 1. The van der Waals surface area contributed by atoms with Gasteiger partial charge < -0.3 is 4.90 Å². The fourth-order valence-electron chi connectivity index (χ4n) is 5.22. The number of likely N-dealkylation sites (tertiary alicyclic amines) is 1. The van der Waals surface area contributed by atoms with Gasteiger partial charge in [0.2, 0.25) is 5.91 Å². The van der Waals surface area contributed by atoms with Crippen LogP contribution in [0.25, 0.3) is 0 Å². The molecule has 1 saturated heterocycles. The molecule has 1 heterocycles. The fourth-order valence-corrected chi connectivity index (χ4v) is 5.22. The van der Waals surface area contributed by atoms with Gasteiger partial charge in [-0.05, 0) is 75.7 Å². The molecule has 2 nitrogen and oxygen atoms in total. The molecule has 0 aliphatic carbocycles. The van der Waals surface area contributed by atoms with Crippen molar-refractivity contribution in [3.63, 3.8) is 0 Å². The number of aryl methyl sites for hydroxylation is 1. The molecule has 192 valence electrons. The Kier molecular flexibility index (Phi) is 16.6. The second kappa shape index (κ2) is 19.7. The third-order valence-electron chi connectivity index (χ3n) is 7.54. The molecule has 1 aliphatic rings. The Morgan fingerprint density at radius 1 is 0.794 bits per heavy atom. The number of hydrogen-bond acceptors (Lipinski definition) is 1. The van der Waals surface area contributed by atoms with E-state index in [2.05, 4.69) is 54.3 Å². The molecule has 0 aromatic heterocycles. The number of nitrogens with zero attached hydrogens (tertiary/aromatic N) is 1. The molecule has 0 radical (unpaired) electrons. The number of carbonyl (C=O) groups excluding carboxylic acids is 1. The maximum absolute atomic E-state index is 12.6. The third kappa shape index (κ3) is 14.0. The van der Waals surface area contributed by atoms with E-state index in [0.29, 0.717) is 5.91 Å². The quantitative estimate of drug-likeness (QED) is 0.147. The van der Waals surface area contributed by atoms with E-state index in [-0.39, 0.29) is 0 Å². The summed E-state index contributed by atoms with van der Waals surface area (Å²) in [6.45, 7) is 4.25. The second-order valence-corrected chi connectivity index (χ2v) is 10.5. The van der Waals surface area contributed by atoms with Gasteiger partial charge in [0, 0.05) is 19.5 Å². The van der Waals surface area contributed by atoms with Gasteiger partial charge in [0.1, 0.15) is 0 Å². The lowest BCUT2D eigenvalue weighted by Crippen LogP contribution is -2.38. The van der Waals surface area contributed by atoms with Crippen LogP contribution >= 0.6 is 0 Å². The minimum Gasteiger partial charge on any atom is -0.343 e. The summed E-state index contributed by atoms with van der Waals surface area (Å²) in [6, 6.07) is 10.8. The Balaban J connectivity index is 1.37. The van der Waals surface area contributed by atoms with Gasteiger partial charge in [-0.2, -0.15) is 0 Å². The predicted octanol–water partition coefficient (Wildman–Crippen LogP) is 9.29. The maximum atomic E-state index is 12.6. The van der Waals surface area contributed by atoms with Crippen LogP contribution in [0.5, 0.6) is 0 Å². The van der Waals surface area contributed by atoms with Crippen molar-refractivity contribution in [1.29, 1.82) is 0 Å². The number of unbranched alkanes of at least 4 members (excludes halogenated alkanes) is 11. The molecule has 34 heavy (non-hydrogen) atoms. The Bertz CT molecular complexity index is 630. The zero-order chi connectivity index (χ0) is 24.1. The number of benzene rings is 1. The van der Waals surface area contributed by atoms with Gasteiger partial charge in [-0.1, -0.05) is 101 Å². The number of carbonyl (C=O) groups is 1. The lowest BCUT2D eigenvalue weighted by atomic mass is 9.90. The van der Waals surface area contributed by atoms with Crippen molar-refractivity contribution in [2.75, 3.05) is 13.1 Å². The predicted molar refractivity (Wildman–Crippen MR) is 148 cm³/mol. The SMILES string of the molecule is CCCCCCCCC=CCCCCCCCC(=O)N1CCC(CCCc2ccccc2)CC1. The highest BCUT2D eigenvalue weighted by molar-refractivity contribution is 5.76. The first-order valence-corrected chi connectivity index (χ1v) is 14.8. The monoisotopic (exact) mass is 467 g/mol. The van der Waals surface area contributed by atoms with Gasteiger partial charge in [-0.3, -0.25) is 4.79 Å². The first-order valence-electron chi connectivity index (χ1n) is 14.8. The summed E-state index contributed by atoms with van der Waals surface area (Å²) >= 11 is 0. The van der Waals surface area contributed by atoms with Crippen molar-refractivity contribution in [2.45, 2.75) is 129 Å². The van der Waals surface area contributed by atoms with Crippen molar-refractivity contribution in [3.05, 3.63) is 48.0 Å². The normalized spacial score (nSPS) is 14.8. The molecule has 0 atom stereocenters. The van der Waals surface area contributed by atoms with Gasteiger partial charge >= 0.3 is 0 Å². The van der Waals surface area contributed by atoms with Gasteiger partial charge in [-0.25, -0.2) is 0 Å². The Morgan fingerprint density at radius 2 is 1.38 bits per heavy atom. The zero-order valence-electron chi connectivity index (χ0n) is 22.3. The van der Waals surface area contributed by atoms with Crippen molar-refractivity contribution in [1.82, 2.24) is 4.90 Å². The number of hydrogen-bond donors (Lipinski definition) is 0. The van der Waals surface area contributed by atoms with Crippen molar-refractivity contribution in [2.24, 2.45) is 5.92 Å². The molecule has 0 spiro atoms. The Hall–Kier alpha value is -1.57.